The zero-order chi connectivity index (χ0) is 11.3. The molecule has 1 unspecified atom stereocenters. The van der Waals surface area contributed by atoms with Gasteiger partial charge in [0.1, 0.15) is 18.3 Å². The molecular weight excluding hydrogens is 204 g/mol. The van der Waals surface area contributed by atoms with Crippen LogP contribution in [0.15, 0.2) is 18.7 Å². The van der Waals surface area contributed by atoms with E-state index in [9.17, 15) is 0 Å². The molecule has 4 atom stereocenters. The first kappa shape index (κ1) is 12.1. The van der Waals surface area contributed by atoms with E-state index in [1.165, 1.54) is 0 Å². The molecule has 1 aromatic rings. The highest BCUT2D eigenvalue weighted by atomic mass is 16.6. The molecule has 1 saturated heterocycles. The van der Waals surface area contributed by atoms with Crippen molar-refractivity contribution in [2.45, 2.75) is 24.6 Å². The van der Waals surface area contributed by atoms with E-state index in [0.29, 0.717) is 0 Å². The van der Waals surface area contributed by atoms with Crippen LogP contribution in [-0.4, -0.2) is 61.6 Å². The van der Waals surface area contributed by atoms with Gasteiger partial charge in [-0.25, -0.2) is 4.98 Å². The number of aliphatic hydroxyl groups excluding tert-OH is 4. The quantitative estimate of drug-likeness (QED) is 0.366. The number of aromatic amines is 1. The normalized spacial score (nSPS) is 34.7. The van der Waals surface area contributed by atoms with Crippen molar-refractivity contribution in [2.75, 3.05) is 6.61 Å². The molecule has 0 radical (unpaired) electrons. The number of nitrogens with one attached hydrogen (secondary N) is 1. The molecule has 0 bridgehead atoms. The van der Waals surface area contributed by atoms with Gasteiger partial charge in [-0.15, -0.1) is 0 Å². The highest BCUT2D eigenvalue weighted by Crippen LogP contribution is 2.18. The molecule has 0 aromatic carbocycles. The van der Waals surface area contributed by atoms with E-state index in [2.05, 4.69) is 14.7 Å². The van der Waals surface area contributed by atoms with E-state index in [-0.39, 0.29) is 0 Å². The zero-order valence-electron chi connectivity index (χ0n) is 7.89. The monoisotopic (exact) mass is 218 g/mol. The van der Waals surface area contributed by atoms with Crippen molar-refractivity contribution in [3.8, 4) is 0 Å². The average Bonchev–Trinajstić information content (AvgIpc) is 2.87. The smallest absolute Gasteiger partial charge is 0.184 e. The van der Waals surface area contributed by atoms with Crippen LogP contribution >= 0.6 is 0 Å². The summed E-state index contributed by atoms with van der Waals surface area (Å²) in [4.78, 5) is 6.42. The number of hydrogen-bond acceptors (Lipinski definition) is 6. The third-order valence-electron chi connectivity index (χ3n) is 1.92. The van der Waals surface area contributed by atoms with Gasteiger partial charge in [-0.1, -0.05) is 0 Å². The van der Waals surface area contributed by atoms with Crippen LogP contribution in [0.4, 0.5) is 0 Å². The molecular formula is C8H14N2O5. The predicted molar refractivity (Wildman–Crippen MR) is 48.6 cm³/mol. The van der Waals surface area contributed by atoms with Crippen LogP contribution in [0.25, 0.3) is 0 Å². The molecule has 15 heavy (non-hydrogen) atoms. The Morgan fingerprint density at radius 3 is 2.20 bits per heavy atom. The van der Waals surface area contributed by atoms with E-state index in [1.807, 2.05) is 0 Å². The van der Waals surface area contributed by atoms with Crippen molar-refractivity contribution in [3.63, 3.8) is 0 Å². The molecule has 0 spiro atoms. The van der Waals surface area contributed by atoms with Gasteiger partial charge < -0.3 is 30.1 Å². The molecule has 1 aliphatic rings. The van der Waals surface area contributed by atoms with Gasteiger partial charge in [-0.3, -0.25) is 0 Å². The van der Waals surface area contributed by atoms with Crippen molar-refractivity contribution in [3.05, 3.63) is 18.7 Å². The summed E-state index contributed by atoms with van der Waals surface area (Å²) in [5, 5.41) is 35.0. The van der Waals surface area contributed by atoms with Crippen molar-refractivity contribution in [2.24, 2.45) is 0 Å². The fourth-order valence-electron chi connectivity index (χ4n) is 1.09. The Morgan fingerprint density at radius 1 is 1.27 bits per heavy atom. The first-order chi connectivity index (χ1) is 7.16. The minimum Gasteiger partial charge on any atom is -0.394 e. The standard InChI is InChI=1S/C5H10O5.C3H4N2/c6-1-2-3(7)4(8)5(9)10-2;1-2-5-3-4-1/h2-9H,1H2;1-3H,(H,4,5)/t2-,3-,4-,5?;/m1./s1. The third-order valence-corrected chi connectivity index (χ3v) is 1.92. The van der Waals surface area contributed by atoms with Crippen LogP contribution in [-0.2, 0) is 4.74 Å². The van der Waals surface area contributed by atoms with Gasteiger partial charge in [0.25, 0.3) is 0 Å². The van der Waals surface area contributed by atoms with E-state index >= 15 is 0 Å². The Labute approximate surface area is 86.0 Å². The molecule has 0 saturated carbocycles. The molecule has 7 nitrogen and oxygen atoms in total. The minimum absolute atomic E-state index is 0.407. The molecule has 2 rings (SSSR count). The number of ether oxygens (including phenoxy) is 1. The summed E-state index contributed by atoms with van der Waals surface area (Å²) >= 11 is 0. The third kappa shape index (κ3) is 3.26. The summed E-state index contributed by atoms with van der Waals surface area (Å²) in [6.07, 6.45) is 0.328. The minimum atomic E-state index is -1.38. The molecule has 2 heterocycles. The second-order valence-electron chi connectivity index (χ2n) is 2.99. The van der Waals surface area contributed by atoms with Gasteiger partial charge in [0.05, 0.1) is 12.9 Å². The molecule has 1 aromatic heterocycles. The molecule has 86 valence electrons. The average molecular weight is 218 g/mol. The topological polar surface area (TPSA) is 119 Å². The van der Waals surface area contributed by atoms with Crippen molar-refractivity contribution < 1.29 is 25.2 Å². The van der Waals surface area contributed by atoms with E-state index in [1.54, 1.807) is 18.7 Å². The van der Waals surface area contributed by atoms with Crippen LogP contribution in [0.3, 0.4) is 0 Å². The van der Waals surface area contributed by atoms with E-state index < -0.39 is 31.2 Å². The number of aliphatic hydroxyl groups is 4. The summed E-state index contributed by atoms with van der Waals surface area (Å²) in [7, 11) is 0. The Balaban J connectivity index is 0.000000187. The zero-order valence-corrected chi connectivity index (χ0v) is 7.89. The van der Waals surface area contributed by atoms with Crippen LogP contribution in [0.2, 0.25) is 0 Å². The van der Waals surface area contributed by atoms with Crippen molar-refractivity contribution >= 4 is 0 Å². The molecule has 7 heteroatoms. The lowest BCUT2D eigenvalue weighted by Gasteiger charge is -2.09. The number of imidazole rings is 1. The largest absolute Gasteiger partial charge is 0.394 e. The summed E-state index contributed by atoms with van der Waals surface area (Å²) in [6, 6.07) is 0. The number of hydrogen-bond donors (Lipinski definition) is 5. The highest BCUT2D eigenvalue weighted by Gasteiger charge is 2.41. The van der Waals surface area contributed by atoms with E-state index in [0.717, 1.165) is 0 Å². The Morgan fingerprint density at radius 2 is 2.00 bits per heavy atom. The summed E-state index contributed by atoms with van der Waals surface area (Å²) in [6.45, 7) is -0.407. The lowest BCUT2D eigenvalue weighted by molar-refractivity contribution is -0.132. The van der Waals surface area contributed by atoms with Gasteiger partial charge in [-0.05, 0) is 0 Å². The first-order valence-corrected chi connectivity index (χ1v) is 4.40. The van der Waals surface area contributed by atoms with Crippen LogP contribution in [0.5, 0.6) is 0 Å². The lowest BCUT2D eigenvalue weighted by atomic mass is 10.1. The first-order valence-electron chi connectivity index (χ1n) is 4.40. The molecule has 1 aliphatic heterocycles. The lowest BCUT2D eigenvalue weighted by Crippen LogP contribution is -2.33. The second kappa shape index (κ2) is 5.79. The van der Waals surface area contributed by atoms with Gasteiger partial charge in [0, 0.05) is 12.4 Å². The fourth-order valence-corrected chi connectivity index (χ4v) is 1.09. The molecule has 0 amide bonds. The SMILES string of the molecule is OC[C@H]1OC(O)[C@H](O)[C@@H]1O.c1c[nH]cn1. The summed E-state index contributed by atoms with van der Waals surface area (Å²) in [5.41, 5.74) is 0. The van der Waals surface area contributed by atoms with Crippen molar-refractivity contribution in [1.82, 2.24) is 9.97 Å². The van der Waals surface area contributed by atoms with Crippen LogP contribution < -0.4 is 0 Å². The van der Waals surface area contributed by atoms with Crippen LogP contribution in [0.1, 0.15) is 0 Å². The Bertz CT molecular complexity index is 238. The Kier molecular flexibility index (Phi) is 4.66. The molecule has 1 fully saturated rings. The summed E-state index contributed by atoms with van der Waals surface area (Å²) in [5.74, 6) is 0. The van der Waals surface area contributed by atoms with Gasteiger partial charge >= 0.3 is 0 Å². The Hall–Kier alpha value is -0.990. The summed E-state index contributed by atoms with van der Waals surface area (Å²) < 4.78 is 4.54. The van der Waals surface area contributed by atoms with Crippen LogP contribution in [0, 0.1) is 0 Å². The second-order valence-corrected chi connectivity index (χ2v) is 2.99. The predicted octanol–water partition coefficient (Wildman–Crippen LogP) is -2.17. The number of nitrogens with zero attached hydrogens (tertiary/aromatic N) is 1. The maximum atomic E-state index is 8.93. The maximum Gasteiger partial charge on any atom is 0.184 e. The van der Waals surface area contributed by atoms with Gasteiger partial charge in [0.2, 0.25) is 0 Å². The fraction of sp³-hybridized carbons (Fsp3) is 0.625. The van der Waals surface area contributed by atoms with Gasteiger partial charge in [-0.2, -0.15) is 0 Å². The number of rotatable bonds is 1. The number of H-pyrrole nitrogens is 1. The van der Waals surface area contributed by atoms with E-state index in [4.69, 9.17) is 20.4 Å². The number of aromatic nitrogens is 2. The molecule has 0 aliphatic carbocycles. The maximum absolute atomic E-state index is 8.93. The van der Waals surface area contributed by atoms with Crippen molar-refractivity contribution in [1.29, 1.82) is 0 Å². The highest BCUT2D eigenvalue weighted by molar-refractivity contribution is 4.84. The molecule has 5 N–H and O–H groups in total. The van der Waals surface area contributed by atoms with Gasteiger partial charge in [0.15, 0.2) is 6.29 Å².